The first-order valence-electron chi connectivity index (χ1n) is 4.98. The van der Waals surface area contributed by atoms with Crippen LogP contribution >= 0.6 is 0 Å². The molecule has 1 aromatic rings. The first-order chi connectivity index (χ1) is 6.84. The Morgan fingerprint density at radius 1 is 1.36 bits per heavy atom. The Labute approximate surface area is 84.1 Å². The van der Waals surface area contributed by atoms with Crippen LogP contribution in [0.1, 0.15) is 5.69 Å². The van der Waals surface area contributed by atoms with Gasteiger partial charge in [-0.05, 0) is 12.1 Å². The van der Waals surface area contributed by atoms with Crippen molar-refractivity contribution in [2.45, 2.75) is 6.54 Å². The molecule has 0 aliphatic carbocycles. The standard InChI is InChI=1S/C10H16N4/c11-9-1-2-10(13-7-9)8-14-5-3-12-4-6-14/h1-2,7,12H,3-6,8,11H2. The molecule has 0 unspecified atom stereocenters. The quantitative estimate of drug-likeness (QED) is 0.696. The largest absolute Gasteiger partial charge is 0.397 e. The highest BCUT2D eigenvalue weighted by atomic mass is 15.2. The van der Waals surface area contributed by atoms with Crippen LogP contribution in [-0.2, 0) is 6.54 Å². The van der Waals surface area contributed by atoms with Gasteiger partial charge in [0.15, 0.2) is 0 Å². The molecule has 76 valence electrons. The maximum Gasteiger partial charge on any atom is 0.0545 e. The van der Waals surface area contributed by atoms with Crippen LogP contribution in [0.2, 0.25) is 0 Å². The number of hydrogen-bond donors (Lipinski definition) is 2. The van der Waals surface area contributed by atoms with Gasteiger partial charge in [-0.2, -0.15) is 0 Å². The number of nitrogens with zero attached hydrogens (tertiary/aromatic N) is 2. The number of piperazine rings is 1. The van der Waals surface area contributed by atoms with E-state index < -0.39 is 0 Å². The SMILES string of the molecule is Nc1ccc(CN2CCNCC2)nc1. The van der Waals surface area contributed by atoms with E-state index in [1.807, 2.05) is 12.1 Å². The van der Waals surface area contributed by atoms with Gasteiger partial charge in [0.2, 0.25) is 0 Å². The summed E-state index contributed by atoms with van der Waals surface area (Å²) in [6.45, 7) is 5.30. The molecule has 14 heavy (non-hydrogen) atoms. The second-order valence-electron chi connectivity index (χ2n) is 3.61. The summed E-state index contributed by atoms with van der Waals surface area (Å²) in [5.74, 6) is 0. The van der Waals surface area contributed by atoms with E-state index in [4.69, 9.17) is 5.73 Å². The van der Waals surface area contributed by atoms with Gasteiger partial charge in [0.1, 0.15) is 0 Å². The van der Waals surface area contributed by atoms with E-state index in [1.165, 1.54) is 0 Å². The van der Waals surface area contributed by atoms with Crippen molar-refractivity contribution in [1.29, 1.82) is 0 Å². The molecular formula is C10H16N4. The molecule has 2 rings (SSSR count). The van der Waals surface area contributed by atoms with Crippen LogP contribution in [0.25, 0.3) is 0 Å². The third-order valence-corrected chi connectivity index (χ3v) is 2.44. The Balaban J connectivity index is 1.92. The van der Waals surface area contributed by atoms with Crippen LogP contribution in [0, 0.1) is 0 Å². The van der Waals surface area contributed by atoms with E-state index in [2.05, 4.69) is 15.2 Å². The van der Waals surface area contributed by atoms with Crippen LogP contribution in [0.15, 0.2) is 18.3 Å². The van der Waals surface area contributed by atoms with Crippen molar-refractivity contribution in [3.63, 3.8) is 0 Å². The monoisotopic (exact) mass is 192 g/mol. The molecule has 1 fully saturated rings. The van der Waals surface area contributed by atoms with Crippen molar-refractivity contribution in [1.82, 2.24) is 15.2 Å². The lowest BCUT2D eigenvalue weighted by molar-refractivity contribution is 0.231. The predicted octanol–water partition coefficient (Wildman–Crippen LogP) is 0.0690. The minimum atomic E-state index is 0.731. The smallest absolute Gasteiger partial charge is 0.0545 e. The van der Waals surface area contributed by atoms with E-state index in [9.17, 15) is 0 Å². The van der Waals surface area contributed by atoms with Crippen molar-refractivity contribution in [2.75, 3.05) is 31.9 Å². The van der Waals surface area contributed by atoms with Gasteiger partial charge in [-0.15, -0.1) is 0 Å². The molecule has 0 spiro atoms. The van der Waals surface area contributed by atoms with Gasteiger partial charge in [-0.3, -0.25) is 9.88 Å². The van der Waals surface area contributed by atoms with Crippen LogP contribution in [0.4, 0.5) is 5.69 Å². The molecule has 4 heteroatoms. The lowest BCUT2D eigenvalue weighted by Gasteiger charge is -2.26. The molecule has 0 atom stereocenters. The van der Waals surface area contributed by atoms with Gasteiger partial charge >= 0.3 is 0 Å². The Bertz CT molecular complexity index is 277. The number of nitrogen functional groups attached to an aromatic ring is 1. The van der Waals surface area contributed by atoms with E-state index in [-0.39, 0.29) is 0 Å². The van der Waals surface area contributed by atoms with Gasteiger partial charge in [0, 0.05) is 32.7 Å². The zero-order valence-electron chi connectivity index (χ0n) is 8.24. The maximum atomic E-state index is 5.57. The van der Waals surface area contributed by atoms with Crippen LogP contribution in [-0.4, -0.2) is 36.1 Å². The maximum absolute atomic E-state index is 5.57. The third-order valence-electron chi connectivity index (χ3n) is 2.44. The third kappa shape index (κ3) is 2.43. The minimum absolute atomic E-state index is 0.731. The molecule has 4 nitrogen and oxygen atoms in total. The van der Waals surface area contributed by atoms with E-state index in [0.29, 0.717) is 0 Å². The molecule has 0 saturated carbocycles. The lowest BCUT2D eigenvalue weighted by Crippen LogP contribution is -2.43. The normalized spacial score (nSPS) is 18.3. The van der Waals surface area contributed by atoms with Crippen molar-refractivity contribution in [2.24, 2.45) is 0 Å². The van der Waals surface area contributed by atoms with E-state index in [1.54, 1.807) is 6.20 Å². The fraction of sp³-hybridized carbons (Fsp3) is 0.500. The Hall–Kier alpha value is -1.13. The Morgan fingerprint density at radius 3 is 2.79 bits per heavy atom. The van der Waals surface area contributed by atoms with Gasteiger partial charge in [-0.1, -0.05) is 0 Å². The lowest BCUT2D eigenvalue weighted by atomic mass is 10.3. The van der Waals surface area contributed by atoms with Gasteiger partial charge < -0.3 is 11.1 Å². The van der Waals surface area contributed by atoms with Crippen LogP contribution in [0.5, 0.6) is 0 Å². The fourth-order valence-corrected chi connectivity index (χ4v) is 1.63. The molecule has 3 N–H and O–H groups in total. The molecule has 0 aromatic carbocycles. The first kappa shape index (κ1) is 9.43. The van der Waals surface area contributed by atoms with Crippen molar-refractivity contribution in [3.05, 3.63) is 24.0 Å². The summed E-state index contributed by atoms with van der Waals surface area (Å²) < 4.78 is 0. The molecular weight excluding hydrogens is 176 g/mol. The molecule has 1 aliphatic rings. The molecule has 0 bridgehead atoms. The zero-order valence-corrected chi connectivity index (χ0v) is 8.24. The zero-order chi connectivity index (χ0) is 9.80. The van der Waals surface area contributed by atoms with Crippen molar-refractivity contribution in [3.8, 4) is 0 Å². The van der Waals surface area contributed by atoms with Crippen LogP contribution < -0.4 is 11.1 Å². The number of nitrogens with two attached hydrogens (primary N) is 1. The number of aromatic nitrogens is 1. The number of anilines is 1. The molecule has 1 saturated heterocycles. The number of pyridine rings is 1. The highest BCUT2D eigenvalue weighted by Crippen LogP contribution is 2.05. The highest BCUT2D eigenvalue weighted by Gasteiger charge is 2.09. The first-order valence-corrected chi connectivity index (χ1v) is 4.98. The summed E-state index contributed by atoms with van der Waals surface area (Å²) in [6.07, 6.45) is 1.72. The van der Waals surface area contributed by atoms with E-state index >= 15 is 0 Å². The summed E-state index contributed by atoms with van der Waals surface area (Å²) in [4.78, 5) is 6.68. The molecule has 1 aromatic heterocycles. The number of rotatable bonds is 2. The molecule has 0 radical (unpaired) electrons. The minimum Gasteiger partial charge on any atom is -0.397 e. The number of nitrogens with one attached hydrogen (secondary N) is 1. The highest BCUT2D eigenvalue weighted by molar-refractivity contribution is 5.34. The molecule has 2 heterocycles. The Kier molecular flexibility index (Phi) is 2.96. The van der Waals surface area contributed by atoms with Crippen molar-refractivity contribution >= 4 is 5.69 Å². The second-order valence-corrected chi connectivity index (χ2v) is 3.61. The second kappa shape index (κ2) is 4.39. The van der Waals surface area contributed by atoms with Gasteiger partial charge in [0.25, 0.3) is 0 Å². The summed E-state index contributed by atoms with van der Waals surface area (Å²) in [6, 6.07) is 3.90. The Morgan fingerprint density at radius 2 is 2.14 bits per heavy atom. The number of hydrogen-bond acceptors (Lipinski definition) is 4. The van der Waals surface area contributed by atoms with E-state index in [0.717, 1.165) is 44.1 Å². The topological polar surface area (TPSA) is 54.2 Å². The summed E-state index contributed by atoms with van der Waals surface area (Å²) in [5.41, 5.74) is 7.40. The van der Waals surface area contributed by atoms with Gasteiger partial charge in [-0.25, -0.2) is 0 Å². The summed E-state index contributed by atoms with van der Waals surface area (Å²) >= 11 is 0. The van der Waals surface area contributed by atoms with Crippen molar-refractivity contribution < 1.29 is 0 Å². The average molecular weight is 192 g/mol. The summed E-state index contributed by atoms with van der Waals surface area (Å²) in [5, 5.41) is 3.33. The fourth-order valence-electron chi connectivity index (χ4n) is 1.63. The predicted molar refractivity (Wildman–Crippen MR) is 56.8 cm³/mol. The molecule has 0 amide bonds. The molecule has 1 aliphatic heterocycles. The van der Waals surface area contributed by atoms with Crippen LogP contribution in [0.3, 0.4) is 0 Å². The summed E-state index contributed by atoms with van der Waals surface area (Å²) in [7, 11) is 0. The van der Waals surface area contributed by atoms with Gasteiger partial charge in [0.05, 0.1) is 17.6 Å². The average Bonchev–Trinajstić information content (AvgIpc) is 2.23.